The van der Waals surface area contributed by atoms with Gasteiger partial charge in [-0.25, -0.2) is 14.8 Å². The number of fused-ring (bicyclic) bond motifs is 1. The van der Waals surface area contributed by atoms with Crippen LogP contribution >= 0.6 is 0 Å². The van der Waals surface area contributed by atoms with Gasteiger partial charge in [-0.15, -0.1) is 0 Å². The van der Waals surface area contributed by atoms with Crippen LogP contribution in [-0.2, 0) is 17.5 Å². The zero-order chi connectivity index (χ0) is 24.1. The van der Waals surface area contributed by atoms with Gasteiger partial charge in [0.15, 0.2) is 0 Å². The first-order chi connectivity index (χ1) is 16.2. The van der Waals surface area contributed by atoms with Gasteiger partial charge in [-0.1, -0.05) is 0 Å². The van der Waals surface area contributed by atoms with Crippen molar-refractivity contribution in [2.24, 2.45) is 5.92 Å². The second-order valence-electron chi connectivity index (χ2n) is 9.17. The molecule has 1 spiro atoms. The summed E-state index contributed by atoms with van der Waals surface area (Å²) in [7, 11) is 0. The first kappa shape index (κ1) is 22.2. The van der Waals surface area contributed by atoms with E-state index in [1.54, 1.807) is 12.4 Å². The standard InChI is InChI=1S/C24H22F3N5O2/c1-15-7-21(24(25,26)27)29-11-20(15)32-13-23(34-22(32)33)6-2-3-17(9-23)12-31-14-30-18-5-4-16(10-28)8-19(18)31/h4-5,7-8,11,14,17H,2-3,6,9,12-13H2,1H3/t17-,23-/m0/s1. The van der Waals surface area contributed by atoms with E-state index < -0.39 is 23.6 Å². The van der Waals surface area contributed by atoms with Crippen LogP contribution in [0.1, 0.15) is 42.5 Å². The van der Waals surface area contributed by atoms with Gasteiger partial charge in [0.2, 0.25) is 0 Å². The minimum atomic E-state index is -4.54. The maximum Gasteiger partial charge on any atom is 0.433 e. The normalized spacial score (nSPS) is 22.9. The van der Waals surface area contributed by atoms with Crippen molar-refractivity contribution in [1.29, 1.82) is 5.26 Å². The minimum Gasteiger partial charge on any atom is -0.441 e. The lowest BCUT2D eigenvalue weighted by Gasteiger charge is -2.36. The first-order valence-electron chi connectivity index (χ1n) is 11.1. The average molecular weight is 469 g/mol. The summed E-state index contributed by atoms with van der Waals surface area (Å²) in [6, 6.07) is 8.48. The molecular weight excluding hydrogens is 447 g/mol. The number of amides is 1. The molecular formula is C24H22F3N5O2. The second-order valence-corrected chi connectivity index (χ2v) is 9.17. The summed E-state index contributed by atoms with van der Waals surface area (Å²) in [4.78, 5) is 22.1. The van der Waals surface area contributed by atoms with Gasteiger partial charge < -0.3 is 9.30 Å². The number of nitriles is 1. The summed E-state index contributed by atoms with van der Waals surface area (Å²) >= 11 is 0. The Kier molecular flexibility index (Phi) is 5.23. The SMILES string of the molecule is Cc1cc(C(F)(F)F)ncc1N1C[C@@]2(CCC[C@H](Cn3cnc4ccc(C#N)cc43)C2)OC1=O. The van der Waals surface area contributed by atoms with E-state index in [0.29, 0.717) is 36.2 Å². The molecule has 1 saturated carbocycles. The zero-order valence-corrected chi connectivity index (χ0v) is 18.5. The van der Waals surface area contributed by atoms with Crippen molar-refractivity contribution in [2.45, 2.75) is 50.9 Å². The maximum atomic E-state index is 13.0. The van der Waals surface area contributed by atoms with Crippen LogP contribution in [-0.4, -0.2) is 32.8 Å². The van der Waals surface area contributed by atoms with Crippen LogP contribution in [0.15, 0.2) is 36.8 Å². The molecule has 7 nitrogen and oxygen atoms in total. The number of benzene rings is 1. The number of carbonyl (C=O) groups is 1. The van der Waals surface area contributed by atoms with Crippen LogP contribution in [0.2, 0.25) is 0 Å². The Labute approximate surface area is 193 Å². The van der Waals surface area contributed by atoms with E-state index >= 15 is 0 Å². The van der Waals surface area contributed by atoms with Crippen molar-refractivity contribution in [1.82, 2.24) is 14.5 Å². The molecule has 1 amide bonds. The Morgan fingerprint density at radius 1 is 1.29 bits per heavy atom. The number of alkyl halides is 3. The predicted octanol–water partition coefficient (Wildman–Crippen LogP) is 5.22. The van der Waals surface area contributed by atoms with E-state index in [1.807, 2.05) is 16.7 Å². The van der Waals surface area contributed by atoms with E-state index in [-0.39, 0.29) is 12.5 Å². The molecule has 1 aliphatic carbocycles. The number of ether oxygens (including phenoxy) is 1. The highest BCUT2D eigenvalue weighted by atomic mass is 19.4. The number of halogens is 3. The quantitative estimate of drug-likeness (QED) is 0.525. The molecule has 1 aliphatic heterocycles. The number of aromatic nitrogens is 3. The number of carbonyl (C=O) groups excluding carboxylic acids is 1. The van der Waals surface area contributed by atoms with E-state index in [1.165, 1.54) is 11.8 Å². The first-order valence-corrected chi connectivity index (χ1v) is 11.1. The molecule has 2 atom stereocenters. The Balaban J connectivity index is 1.35. The number of hydrogen-bond acceptors (Lipinski definition) is 5. The Morgan fingerprint density at radius 3 is 2.85 bits per heavy atom. The van der Waals surface area contributed by atoms with Gasteiger partial charge >= 0.3 is 12.3 Å². The summed E-state index contributed by atoms with van der Waals surface area (Å²) in [5.74, 6) is 0.219. The Hall–Kier alpha value is -3.61. The van der Waals surface area contributed by atoms with Crippen LogP contribution in [0.3, 0.4) is 0 Å². The van der Waals surface area contributed by atoms with Crippen molar-refractivity contribution in [2.75, 3.05) is 11.4 Å². The minimum absolute atomic E-state index is 0.219. The summed E-state index contributed by atoms with van der Waals surface area (Å²) < 4.78 is 46.8. The highest BCUT2D eigenvalue weighted by Crippen LogP contribution is 2.42. The monoisotopic (exact) mass is 469 g/mol. The summed E-state index contributed by atoms with van der Waals surface area (Å²) in [6.45, 7) is 2.48. The van der Waals surface area contributed by atoms with Crippen molar-refractivity contribution in [3.63, 3.8) is 0 Å². The second kappa shape index (κ2) is 8.01. The van der Waals surface area contributed by atoms with Crippen molar-refractivity contribution in [3.05, 3.63) is 53.6 Å². The molecule has 3 heterocycles. The molecule has 3 aromatic rings. The summed E-state index contributed by atoms with van der Waals surface area (Å²) in [5, 5.41) is 9.21. The molecule has 0 bridgehead atoms. The molecule has 1 aromatic carbocycles. The number of aryl methyl sites for hydroxylation is 1. The van der Waals surface area contributed by atoms with Crippen LogP contribution in [0.25, 0.3) is 11.0 Å². The highest BCUT2D eigenvalue weighted by Gasteiger charge is 2.49. The van der Waals surface area contributed by atoms with Gasteiger partial charge in [-0.05, 0) is 68.4 Å². The van der Waals surface area contributed by atoms with E-state index in [9.17, 15) is 23.2 Å². The third kappa shape index (κ3) is 3.95. The number of hydrogen-bond donors (Lipinski definition) is 0. The number of pyridine rings is 1. The zero-order valence-electron chi connectivity index (χ0n) is 18.5. The molecule has 2 aliphatic rings. The molecule has 2 aromatic heterocycles. The van der Waals surface area contributed by atoms with Crippen molar-refractivity contribution < 1.29 is 22.7 Å². The summed E-state index contributed by atoms with van der Waals surface area (Å²) in [5.41, 5.74) is 1.24. The van der Waals surface area contributed by atoms with E-state index in [4.69, 9.17) is 4.74 Å². The average Bonchev–Trinajstić information content (AvgIpc) is 3.33. The van der Waals surface area contributed by atoms with Gasteiger partial charge in [0.1, 0.15) is 11.3 Å². The molecule has 34 heavy (non-hydrogen) atoms. The number of imidazole rings is 1. The molecule has 176 valence electrons. The highest BCUT2D eigenvalue weighted by molar-refractivity contribution is 5.91. The third-order valence-electron chi connectivity index (χ3n) is 6.75. The van der Waals surface area contributed by atoms with Crippen LogP contribution in [0.4, 0.5) is 23.7 Å². The fraction of sp³-hybridized carbons (Fsp3) is 0.417. The number of anilines is 1. The molecule has 0 radical (unpaired) electrons. The number of nitrogens with zero attached hydrogens (tertiary/aromatic N) is 5. The summed E-state index contributed by atoms with van der Waals surface area (Å²) in [6.07, 6.45) is 0.918. The van der Waals surface area contributed by atoms with Gasteiger partial charge in [-0.3, -0.25) is 4.90 Å². The van der Waals surface area contributed by atoms with Gasteiger partial charge in [0.25, 0.3) is 0 Å². The fourth-order valence-electron chi connectivity index (χ4n) is 5.18. The predicted molar refractivity (Wildman–Crippen MR) is 117 cm³/mol. The molecule has 5 rings (SSSR count). The molecule has 0 N–H and O–H groups in total. The van der Waals surface area contributed by atoms with E-state index in [0.717, 1.165) is 36.1 Å². The van der Waals surface area contributed by atoms with Gasteiger partial charge in [0, 0.05) is 6.54 Å². The number of rotatable bonds is 3. The Morgan fingerprint density at radius 2 is 2.12 bits per heavy atom. The van der Waals surface area contributed by atoms with Crippen LogP contribution in [0, 0.1) is 24.2 Å². The molecule has 0 unspecified atom stereocenters. The van der Waals surface area contributed by atoms with Gasteiger partial charge in [-0.2, -0.15) is 18.4 Å². The maximum absolute atomic E-state index is 13.0. The molecule has 10 heteroatoms. The lowest BCUT2D eigenvalue weighted by molar-refractivity contribution is -0.141. The van der Waals surface area contributed by atoms with Crippen molar-refractivity contribution in [3.8, 4) is 6.07 Å². The van der Waals surface area contributed by atoms with Crippen molar-refractivity contribution >= 4 is 22.8 Å². The van der Waals surface area contributed by atoms with Crippen LogP contribution in [0.5, 0.6) is 0 Å². The topological polar surface area (TPSA) is 84.0 Å². The lowest BCUT2D eigenvalue weighted by Crippen LogP contribution is -2.40. The largest absolute Gasteiger partial charge is 0.441 e. The fourth-order valence-corrected chi connectivity index (χ4v) is 5.18. The Bertz CT molecular complexity index is 1310. The third-order valence-corrected chi connectivity index (χ3v) is 6.75. The molecule has 1 saturated heterocycles. The lowest BCUT2D eigenvalue weighted by atomic mass is 9.78. The van der Waals surface area contributed by atoms with Gasteiger partial charge in [0.05, 0.1) is 47.4 Å². The smallest absolute Gasteiger partial charge is 0.433 e. The van der Waals surface area contributed by atoms with E-state index in [2.05, 4.69) is 16.0 Å². The van der Waals surface area contributed by atoms with Crippen LogP contribution < -0.4 is 4.90 Å². The molecule has 2 fully saturated rings.